The van der Waals surface area contributed by atoms with Crippen LogP contribution in [0.4, 0.5) is 0 Å². The van der Waals surface area contributed by atoms with E-state index in [4.69, 9.17) is 4.74 Å². The third kappa shape index (κ3) is 3.05. The van der Waals surface area contributed by atoms with Gasteiger partial charge in [-0.2, -0.15) is 5.10 Å². The first-order valence-corrected chi connectivity index (χ1v) is 7.79. The molecule has 2 saturated heterocycles. The molecule has 2 fully saturated rings. The van der Waals surface area contributed by atoms with Crippen molar-refractivity contribution in [3.8, 4) is 0 Å². The fourth-order valence-electron chi connectivity index (χ4n) is 3.28. The SMILES string of the molecule is O=C(C(O)C1CCOCC1)N1CCCC1c1ccc(=O)[nH]n1. The lowest BCUT2D eigenvalue weighted by atomic mass is 9.93. The highest BCUT2D eigenvalue weighted by molar-refractivity contribution is 5.81. The fourth-order valence-corrected chi connectivity index (χ4v) is 3.28. The van der Waals surface area contributed by atoms with Gasteiger partial charge in [0.05, 0.1) is 11.7 Å². The molecule has 3 rings (SSSR count). The van der Waals surface area contributed by atoms with E-state index in [1.54, 1.807) is 11.0 Å². The first-order valence-electron chi connectivity index (χ1n) is 7.79. The lowest BCUT2D eigenvalue weighted by Gasteiger charge is -2.31. The summed E-state index contributed by atoms with van der Waals surface area (Å²) in [5, 5.41) is 16.8. The van der Waals surface area contributed by atoms with Crippen molar-refractivity contribution in [1.82, 2.24) is 15.1 Å². The highest BCUT2D eigenvalue weighted by Gasteiger charge is 2.37. The standard InChI is InChI=1S/C15H21N3O4/c19-13-4-3-11(16-17-13)12-2-1-7-18(12)15(21)14(20)10-5-8-22-9-6-10/h3-4,10,12,14,20H,1-2,5-9H2,(H,17,19). The molecule has 1 amide bonds. The molecule has 22 heavy (non-hydrogen) atoms. The summed E-state index contributed by atoms with van der Waals surface area (Å²) in [5.41, 5.74) is 0.409. The van der Waals surface area contributed by atoms with E-state index >= 15 is 0 Å². The Balaban J connectivity index is 1.72. The quantitative estimate of drug-likeness (QED) is 0.833. The molecule has 2 N–H and O–H groups in total. The molecule has 0 bridgehead atoms. The van der Waals surface area contributed by atoms with Crippen molar-refractivity contribution in [2.75, 3.05) is 19.8 Å². The molecule has 1 aromatic heterocycles. The molecule has 3 heterocycles. The lowest BCUT2D eigenvalue weighted by Crippen LogP contribution is -2.44. The highest BCUT2D eigenvalue weighted by Crippen LogP contribution is 2.32. The predicted octanol–water partition coefficient (Wildman–Crippen LogP) is 0.221. The number of rotatable bonds is 3. The zero-order valence-corrected chi connectivity index (χ0v) is 12.4. The van der Waals surface area contributed by atoms with Gasteiger partial charge < -0.3 is 14.7 Å². The van der Waals surface area contributed by atoms with E-state index in [1.165, 1.54) is 6.07 Å². The molecule has 120 valence electrons. The molecule has 2 unspecified atom stereocenters. The molecule has 0 saturated carbocycles. The lowest BCUT2D eigenvalue weighted by molar-refractivity contribution is -0.146. The minimum atomic E-state index is -0.979. The van der Waals surface area contributed by atoms with Crippen LogP contribution in [-0.4, -0.2) is 52.0 Å². The smallest absolute Gasteiger partial charge is 0.264 e. The van der Waals surface area contributed by atoms with Crippen molar-refractivity contribution >= 4 is 5.91 Å². The van der Waals surface area contributed by atoms with Crippen LogP contribution in [0.3, 0.4) is 0 Å². The molecule has 1 aromatic rings. The average molecular weight is 307 g/mol. The van der Waals surface area contributed by atoms with Crippen LogP contribution in [0.15, 0.2) is 16.9 Å². The Kier molecular flexibility index (Phi) is 4.54. The number of aromatic nitrogens is 2. The number of H-pyrrole nitrogens is 1. The summed E-state index contributed by atoms with van der Waals surface area (Å²) in [5.74, 6) is -0.270. The number of aliphatic hydroxyl groups is 1. The zero-order chi connectivity index (χ0) is 15.5. The molecule has 2 aliphatic heterocycles. The maximum Gasteiger partial charge on any atom is 0.264 e. The molecule has 2 aliphatic rings. The molecule has 7 heteroatoms. The van der Waals surface area contributed by atoms with Gasteiger partial charge in [-0.05, 0) is 37.7 Å². The Labute approximate surface area is 128 Å². The fraction of sp³-hybridized carbons (Fsp3) is 0.667. The second-order valence-corrected chi connectivity index (χ2v) is 5.93. The van der Waals surface area contributed by atoms with Crippen molar-refractivity contribution in [3.63, 3.8) is 0 Å². The maximum atomic E-state index is 12.6. The molecule has 0 spiro atoms. The van der Waals surface area contributed by atoms with Crippen LogP contribution in [-0.2, 0) is 9.53 Å². The van der Waals surface area contributed by atoms with Gasteiger partial charge in [-0.25, -0.2) is 5.10 Å². The topological polar surface area (TPSA) is 95.5 Å². The number of likely N-dealkylation sites (tertiary alicyclic amines) is 1. The second kappa shape index (κ2) is 6.58. The first-order chi connectivity index (χ1) is 10.7. The number of carbonyl (C=O) groups is 1. The van der Waals surface area contributed by atoms with Crippen LogP contribution in [0, 0.1) is 5.92 Å². The van der Waals surface area contributed by atoms with E-state index in [-0.39, 0.29) is 23.4 Å². The van der Waals surface area contributed by atoms with Crippen LogP contribution >= 0.6 is 0 Å². The van der Waals surface area contributed by atoms with Crippen LogP contribution in [0.1, 0.15) is 37.4 Å². The Morgan fingerprint density at radius 1 is 1.36 bits per heavy atom. The van der Waals surface area contributed by atoms with Gasteiger partial charge in [0.1, 0.15) is 6.10 Å². The number of aromatic amines is 1. The Hall–Kier alpha value is -1.73. The summed E-state index contributed by atoms with van der Waals surface area (Å²) >= 11 is 0. The summed E-state index contributed by atoms with van der Waals surface area (Å²) in [4.78, 5) is 25.4. The normalized spacial score (nSPS) is 24.4. The number of carbonyl (C=O) groups excluding carboxylic acids is 1. The Morgan fingerprint density at radius 2 is 2.14 bits per heavy atom. The van der Waals surface area contributed by atoms with Gasteiger partial charge in [-0.15, -0.1) is 0 Å². The van der Waals surface area contributed by atoms with Gasteiger partial charge in [0, 0.05) is 25.8 Å². The van der Waals surface area contributed by atoms with Gasteiger partial charge >= 0.3 is 0 Å². The van der Waals surface area contributed by atoms with Crippen molar-refractivity contribution in [2.24, 2.45) is 5.92 Å². The summed E-state index contributed by atoms with van der Waals surface area (Å²) in [6, 6.07) is 2.90. The number of hydrogen-bond acceptors (Lipinski definition) is 5. The molecule has 0 aromatic carbocycles. The van der Waals surface area contributed by atoms with E-state index in [0.29, 0.717) is 38.3 Å². The minimum Gasteiger partial charge on any atom is -0.383 e. The van der Waals surface area contributed by atoms with Gasteiger partial charge in [-0.1, -0.05) is 0 Å². The van der Waals surface area contributed by atoms with Gasteiger partial charge in [0.2, 0.25) is 0 Å². The minimum absolute atomic E-state index is 0.0361. The third-order valence-corrected chi connectivity index (χ3v) is 4.54. The van der Waals surface area contributed by atoms with Crippen LogP contribution in [0.25, 0.3) is 0 Å². The summed E-state index contributed by atoms with van der Waals surface area (Å²) < 4.78 is 5.28. The molecule has 2 atom stereocenters. The predicted molar refractivity (Wildman–Crippen MR) is 78.1 cm³/mol. The van der Waals surface area contributed by atoms with Crippen molar-refractivity contribution < 1.29 is 14.6 Å². The molecule has 0 radical (unpaired) electrons. The largest absolute Gasteiger partial charge is 0.383 e. The first kappa shape index (κ1) is 15.2. The average Bonchev–Trinajstić information content (AvgIpc) is 3.04. The monoisotopic (exact) mass is 307 g/mol. The van der Waals surface area contributed by atoms with Crippen LogP contribution < -0.4 is 5.56 Å². The number of ether oxygens (including phenoxy) is 1. The van der Waals surface area contributed by atoms with Gasteiger partial charge in [-0.3, -0.25) is 9.59 Å². The molecule has 0 aliphatic carbocycles. The number of hydrogen-bond donors (Lipinski definition) is 2. The molecular formula is C15H21N3O4. The van der Waals surface area contributed by atoms with E-state index in [1.807, 2.05) is 0 Å². The van der Waals surface area contributed by atoms with Crippen molar-refractivity contribution in [2.45, 2.75) is 37.8 Å². The van der Waals surface area contributed by atoms with Crippen LogP contribution in [0.5, 0.6) is 0 Å². The van der Waals surface area contributed by atoms with E-state index in [2.05, 4.69) is 10.2 Å². The number of nitrogens with zero attached hydrogens (tertiary/aromatic N) is 2. The Morgan fingerprint density at radius 3 is 2.82 bits per heavy atom. The second-order valence-electron chi connectivity index (χ2n) is 5.93. The Bertz CT molecular complexity index is 562. The highest BCUT2D eigenvalue weighted by atomic mass is 16.5. The van der Waals surface area contributed by atoms with E-state index in [9.17, 15) is 14.7 Å². The maximum absolute atomic E-state index is 12.6. The van der Waals surface area contributed by atoms with Crippen molar-refractivity contribution in [3.05, 3.63) is 28.2 Å². The zero-order valence-electron chi connectivity index (χ0n) is 12.4. The van der Waals surface area contributed by atoms with Crippen molar-refractivity contribution in [1.29, 1.82) is 0 Å². The number of nitrogens with one attached hydrogen (secondary N) is 1. The molecular weight excluding hydrogens is 286 g/mol. The summed E-state index contributed by atoms with van der Waals surface area (Å²) in [6.45, 7) is 1.81. The number of aliphatic hydroxyl groups excluding tert-OH is 1. The molecule has 7 nitrogen and oxygen atoms in total. The van der Waals surface area contributed by atoms with Gasteiger partial charge in [0.15, 0.2) is 0 Å². The van der Waals surface area contributed by atoms with Gasteiger partial charge in [0.25, 0.3) is 11.5 Å². The van der Waals surface area contributed by atoms with E-state index < -0.39 is 6.10 Å². The number of amides is 1. The summed E-state index contributed by atoms with van der Waals surface area (Å²) in [7, 11) is 0. The van der Waals surface area contributed by atoms with E-state index in [0.717, 1.165) is 12.8 Å². The summed E-state index contributed by atoms with van der Waals surface area (Å²) in [6.07, 6.45) is 2.11. The third-order valence-electron chi connectivity index (χ3n) is 4.54. The van der Waals surface area contributed by atoms with Crippen LogP contribution in [0.2, 0.25) is 0 Å².